The summed E-state index contributed by atoms with van der Waals surface area (Å²) < 4.78 is 10.6. The van der Waals surface area contributed by atoms with Crippen molar-refractivity contribution in [3.05, 3.63) is 83.1 Å². The average Bonchev–Trinajstić information content (AvgIpc) is 3.43. The number of carbonyl (C=O) groups is 3. The molecule has 9 heteroatoms. The van der Waals surface area contributed by atoms with Gasteiger partial charge >= 0.3 is 11.9 Å². The van der Waals surface area contributed by atoms with E-state index in [1.807, 2.05) is 0 Å². The van der Waals surface area contributed by atoms with Crippen LogP contribution in [0.5, 0.6) is 0 Å². The number of furan rings is 1. The third-order valence-electron chi connectivity index (χ3n) is 5.01. The van der Waals surface area contributed by atoms with Gasteiger partial charge in [-0.05, 0) is 61.5 Å². The summed E-state index contributed by atoms with van der Waals surface area (Å²) in [6.07, 6.45) is 1.59. The predicted octanol–water partition coefficient (Wildman–Crippen LogP) is 4.13. The SMILES string of the molecule is CC1=NN(c2ccc(C(=O)O)cc2)C(=O)/C1=C\c1ccc(-c2ccc(C(=O)OCC#N)cc2)o1. The maximum absolute atomic E-state index is 12.9. The Balaban J connectivity index is 1.51. The summed E-state index contributed by atoms with van der Waals surface area (Å²) in [5.41, 5.74) is 2.43. The van der Waals surface area contributed by atoms with Crippen LogP contribution in [0.3, 0.4) is 0 Å². The molecule has 168 valence electrons. The van der Waals surface area contributed by atoms with E-state index < -0.39 is 11.9 Å². The first kappa shape index (κ1) is 22.2. The molecule has 0 atom stereocenters. The molecule has 1 aromatic heterocycles. The van der Waals surface area contributed by atoms with Crippen LogP contribution in [0.2, 0.25) is 0 Å². The van der Waals surface area contributed by atoms with Crippen LogP contribution in [0, 0.1) is 11.3 Å². The van der Waals surface area contributed by atoms with E-state index in [1.165, 1.54) is 29.3 Å². The van der Waals surface area contributed by atoms with Crippen LogP contribution in [-0.4, -0.2) is 35.3 Å². The summed E-state index contributed by atoms with van der Waals surface area (Å²) >= 11 is 0. The molecule has 34 heavy (non-hydrogen) atoms. The van der Waals surface area contributed by atoms with Crippen molar-refractivity contribution < 1.29 is 28.6 Å². The van der Waals surface area contributed by atoms with Crippen molar-refractivity contribution >= 4 is 35.3 Å². The summed E-state index contributed by atoms with van der Waals surface area (Å²) in [6, 6.07) is 17.6. The molecule has 0 aliphatic carbocycles. The second-order valence-electron chi connectivity index (χ2n) is 7.23. The average molecular weight is 455 g/mol. The molecule has 4 rings (SSSR count). The van der Waals surface area contributed by atoms with Gasteiger partial charge in [-0.3, -0.25) is 4.79 Å². The van der Waals surface area contributed by atoms with E-state index in [0.717, 1.165) is 0 Å². The van der Waals surface area contributed by atoms with Gasteiger partial charge in [0.1, 0.15) is 17.6 Å². The molecule has 3 aromatic rings. The molecule has 0 spiro atoms. The van der Waals surface area contributed by atoms with Crippen molar-refractivity contribution in [1.29, 1.82) is 5.26 Å². The third kappa shape index (κ3) is 4.47. The van der Waals surface area contributed by atoms with Gasteiger partial charge in [0.15, 0.2) is 6.61 Å². The van der Waals surface area contributed by atoms with Crippen molar-refractivity contribution in [2.75, 3.05) is 11.6 Å². The summed E-state index contributed by atoms with van der Waals surface area (Å²) in [7, 11) is 0. The molecular formula is C25H17N3O6. The fourth-order valence-corrected chi connectivity index (χ4v) is 3.28. The smallest absolute Gasteiger partial charge is 0.339 e. The molecule has 0 saturated carbocycles. The van der Waals surface area contributed by atoms with Gasteiger partial charge in [0.05, 0.1) is 28.1 Å². The standard InChI is InChI=1S/C25H17N3O6/c1-15-21(23(29)28(27-15)19-8-6-17(7-9-19)24(30)31)14-20-10-11-22(34-20)16-2-4-18(5-3-16)25(32)33-13-12-26/h2-11,14H,13H2,1H3,(H,30,31)/b21-14-. The van der Waals surface area contributed by atoms with Gasteiger partial charge in [0.25, 0.3) is 5.91 Å². The number of rotatable bonds is 6. The van der Waals surface area contributed by atoms with Gasteiger partial charge in [-0.2, -0.15) is 15.4 Å². The molecule has 1 amide bonds. The molecule has 2 aromatic carbocycles. The second kappa shape index (κ2) is 9.26. The largest absolute Gasteiger partial charge is 0.478 e. The number of carboxylic acids is 1. The lowest BCUT2D eigenvalue weighted by atomic mass is 10.1. The molecule has 2 heterocycles. The monoisotopic (exact) mass is 455 g/mol. The number of ether oxygens (including phenoxy) is 1. The first-order valence-electron chi connectivity index (χ1n) is 10.1. The number of hydrazone groups is 1. The van der Waals surface area contributed by atoms with Gasteiger partial charge < -0.3 is 14.3 Å². The highest BCUT2D eigenvalue weighted by Crippen LogP contribution is 2.28. The molecule has 0 unspecified atom stereocenters. The molecule has 1 aliphatic rings. The fourth-order valence-electron chi connectivity index (χ4n) is 3.28. The Hall–Kier alpha value is -4.97. The molecule has 0 bridgehead atoms. The van der Waals surface area contributed by atoms with Gasteiger partial charge in [0.2, 0.25) is 0 Å². The first-order chi connectivity index (χ1) is 16.4. The van der Waals surface area contributed by atoms with Gasteiger partial charge in [-0.25, -0.2) is 9.59 Å². The fraction of sp³-hybridized carbons (Fsp3) is 0.0800. The van der Waals surface area contributed by atoms with E-state index in [2.05, 4.69) is 5.10 Å². The number of carbonyl (C=O) groups excluding carboxylic acids is 2. The molecular weight excluding hydrogens is 438 g/mol. The van der Waals surface area contributed by atoms with Crippen molar-refractivity contribution in [2.45, 2.75) is 6.92 Å². The summed E-state index contributed by atoms with van der Waals surface area (Å²) in [5.74, 6) is -1.03. The van der Waals surface area contributed by atoms with Gasteiger partial charge in [-0.15, -0.1) is 0 Å². The molecule has 0 fully saturated rings. The Morgan fingerprint density at radius 3 is 2.41 bits per heavy atom. The molecule has 1 N–H and O–H groups in total. The van der Waals surface area contributed by atoms with Crippen LogP contribution in [0.25, 0.3) is 17.4 Å². The van der Waals surface area contributed by atoms with Crippen molar-refractivity contribution in [3.8, 4) is 17.4 Å². The highest BCUT2D eigenvalue weighted by atomic mass is 16.5. The minimum absolute atomic E-state index is 0.113. The number of benzene rings is 2. The molecule has 9 nitrogen and oxygen atoms in total. The molecule has 1 aliphatic heterocycles. The van der Waals surface area contributed by atoms with Crippen molar-refractivity contribution in [3.63, 3.8) is 0 Å². The van der Waals surface area contributed by atoms with E-state index in [1.54, 1.807) is 55.5 Å². The van der Waals surface area contributed by atoms with Crippen LogP contribution in [0.4, 0.5) is 5.69 Å². The summed E-state index contributed by atoms with van der Waals surface area (Å²) in [5, 5.41) is 23.0. The van der Waals surface area contributed by atoms with Crippen LogP contribution < -0.4 is 5.01 Å². The second-order valence-corrected chi connectivity index (χ2v) is 7.23. The zero-order valence-corrected chi connectivity index (χ0v) is 17.9. The predicted molar refractivity (Wildman–Crippen MR) is 122 cm³/mol. The summed E-state index contributed by atoms with van der Waals surface area (Å²) in [6.45, 7) is 1.38. The van der Waals surface area contributed by atoms with Crippen LogP contribution in [0.15, 0.2) is 75.8 Å². The maximum Gasteiger partial charge on any atom is 0.339 e. The van der Waals surface area contributed by atoms with Crippen molar-refractivity contribution in [2.24, 2.45) is 5.10 Å². The van der Waals surface area contributed by atoms with Crippen LogP contribution >= 0.6 is 0 Å². The molecule has 0 saturated heterocycles. The van der Waals surface area contributed by atoms with E-state index in [9.17, 15) is 14.4 Å². The highest BCUT2D eigenvalue weighted by Gasteiger charge is 2.29. The van der Waals surface area contributed by atoms with Crippen LogP contribution in [-0.2, 0) is 9.53 Å². The topological polar surface area (TPSA) is 133 Å². The minimum Gasteiger partial charge on any atom is -0.478 e. The quantitative estimate of drug-likeness (QED) is 0.436. The lowest BCUT2D eigenvalue weighted by molar-refractivity contribution is -0.114. The number of hydrogen-bond donors (Lipinski definition) is 1. The zero-order valence-electron chi connectivity index (χ0n) is 17.9. The normalized spacial score (nSPS) is 14.1. The van der Waals surface area contributed by atoms with E-state index in [4.69, 9.17) is 19.5 Å². The minimum atomic E-state index is -1.05. The Labute approximate surface area is 193 Å². The number of nitriles is 1. The number of aromatic carboxylic acids is 1. The number of anilines is 1. The highest BCUT2D eigenvalue weighted by molar-refractivity contribution is 6.32. The van der Waals surface area contributed by atoms with E-state index in [-0.39, 0.29) is 18.1 Å². The number of amides is 1. The lowest BCUT2D eigenvalue weighted by Crippen LogP contribution is -2.21. The van der Waals surface area contributed by atoms with Crippen LogP contribution in [0.1, 0.15) is 33.4 Å². The van der Waals surface area contributed by atoms with Crippen molar-refractivity contribution in [1.82, 2.24) is 0 Å². The maximum atomic E-state index is 12.9. The number of carboxylic acid groups (broad SMARTS) is 1. The number of esters is 1. The van der Waals surface area contributed by atoms with E-state index >= 15 is 0 Å². The third-order valence-corrected chi connectivity index (χ3v) is 5.01. The Morgan fingerprint density at radius 1 is 1.09 bits per heavy atom. The summed E-state index contributed by atoms with van der Waals surface area (Å²) in [4.78, 5) is 35.8. The number of hydrogen-bond acceptors (Lipinski definition) is 7. The Kier molecular flexibility index (Phi) is 6.05. The Bertz CT molecular complexity index is 1380. The number of nitrogens with zero attached hydrogens (tertiary/aromatic N) is 3. The first-order valence-corrected chi connectivity index (χ1v) is 10.1. The van der Waals surface area contributed by atoms with E-state index in [0.29, 0.717) is 39.6 Å². The Morgan fingerprint density at radius 2 is 1.76 bits per heavy atom. The zero-order chi connectivity index (χ0) is 24.2. The van der Waals surface area contributed by atoms with Gasteiger partial charge in [-0.1, -0.05) is 12.1 Å². The molecule has 0 radical (unpaired) electrons. The van der Waals surface area contributed by atoms with Gasteiger partial charge in [0, 0.05) is 5.56 Å². The lowest BCUT2D eigenvalue weighted by Gasteiger charge is -2.11.